The number of para-hydroxylation sites is 2. The number of nitrogens with one attached hydrogen (secondary N) is 1. The number of rotatable bonds is 3. The van der Waals surface area contributed by atoms with E-state index in [1.54, 1.807) is 6.07 Å². The van der Waals surface area contributed by atoms with Crippen LogP contribution in [0.3, 0.4) is 0 Å². The first kappa shape index (κ1) is 14.3. The summed E-state index contributed by atoms with van der Waals surface area (Å²) < 4.78 is 40.8. The van der Waals surface area contributed by atoms with Gasteiger partial charge in [-0.2, -0.15) is 0 Å². The van der Waals surface area contributed by atoms with E-state index in [-0.39, 0.29) is 22.4 Å². The second kappa shape index (κ2) is 5.46. The summed E-state index contributed by atoms with van der Waals surface area (Å²) in [6, 6.07) is 8.44. The van der Waals surface area contributed by atoms with Gasteiger partial charge < -0.3 is 15.8 Å². The van der Waals surface area contributed by atoms with Crippen LogP contribution in [-0.2, 0) is 0 Å². The van der Waals surface area contributed by atoms with E-state index in [9.17, 15) is 13.2 Å². The average molecular weight is 304 g/mol. The molecule has 0 saturated heterocycles. The zero-order valence-electron chi connectivity index (χ0n) is 9.91. The Morgan fingerprint density at radius 1 is 1.20 bits per heavy atom. The number of halogens is 4. The third-order valence-electron chi connectivity index (χ3n) is 2.19. The smallest absolute Gasteiger partial charge is 0.404 e. The lowest BCUT2D eigenvalue weighted by atomic mass is 10.3. The van der Waals surface area contributed by atoms with Crippen LogP contribution < -0.4 is 15.8 Å². The zero-order chi connectivity index (χ0) is 14.8. The number of ether oxygens (including phenoxy) is 1. The lowest BCUT2D eigenvalue weighted by Crippen LogP contribution is -2.17. The highest BCUT2D eigenvalue weighted by Crippen LogP contribution is 2.32. The highest BCUT2D eigenvalue weighted by atomic mass is 35.5. The maximum atomic E-state index is 12.3. The van der Waals surface area contributed by atoms with Gasteiger partial charge in [0, 0.05) is 11.8 Å². The Morgan fingerprint density at radius 2 is 1.90 bits per heavy atom. The molecule has 0 bridgehead atoms. The van der Waals surface area contributed by atoms with Crippen molar-refractivity contribution >= 4 is 28.8 Å². The molecule has 2 rings (SSSR count). The van der Waals surface area contributed by atoms with Gasteiger partial charge in [-0.3, -0.25) is 0 Å². The van der Waals surface area contributed by atoms with E-state index in [1.165, 1.54) is 30.3 Å². The molecule has 0 atom stereocenters. The minimum absolute atomic E-state index is 0.0963. The molecule has 3 N–H and O–H groups in total. The number of nitrogens with zero attached hydrogens (tertiary/aromatic N) is 1. The third-order valence-corrected chi connectivity index (χ3v) is 2.39. The fourth-order valence-corrected chi connectivity index (χ4v) is 1.72. The van der Waals surface area contributed by atoms with E-state index in [1.807, 2.05) is 0 Å². The summed E-state index contributed by atoms with van der Waals surface area (Å²) in [6.07, 6.45) is -4.78. The van der Waals surface area contributed by atoms with Crippen LogP contribution in [0, 0.1) is 0 Å². The van der Waals surface area contributed by atoms with Gasteiger partial charge in [0.15, 0.2) is 5.75 Å². The van der Waals surface area contributed by atoms with Gasteiger partial charge >= 0.3 is 6.36 Å². The molecule has 0 saturated carbocycles. The average Bonchev–Trinajstić information content (AvgIpc) is 2.28. The van der Waals surface area contributed by atoms with Gasteiger partial charge in [0.2, 0.25) is 0 Å². The van der Waals surface area contributed by atoms with Crippen molar-refractivity contribution in [1.29, 1.82) is 0 Å². The van der Waals surface area contributed by atoms with E-state index < -0.39 is 6.36 Å². The molecule has 4 nitrogen and oxygen atoms in total. The number of alkyl halides is 3. The summed E-state index contributed by atoms with van der Waals surface area (Å²) in [5.41, 5.74) is 6.01. The molecule has 0 fully saturated rings. The number of aromatic nitrogens is 1. The molecule has 0 unspecified atom stereocenters. The molecule has 106 valence electrons. The summed E-state index contributed by atoms with van der Waals surface area (Å²) in [4.78, 5) is 3.90. The van der Waals surface area contributed by atoms with Gasteiger partial charge in [0.1, 0.15) is 11.0 Å². The number of benzene rings is 1. The van der Waals surface area contributed by atoms with Gasteiger partial charge in [-0.05, 0) is 18.2 Å². The molecule has 0 aliphatic heterocycles. The fourth-order valence-electron chi connectivity index (χ4n) is 1.50. The van der Waals surface area contributed by atoms with E-state index >= 15 is 0 Å². The van der Waals surface area contributed by atoms with E-state index in [2.05, 4.69) is 15.0 Å². The summed E-state index contributed by atoms with van der Waals surface area (Å²) in [7, 11) is 0. The normalized spacial score (nSPS) is 11.2. The number of hydrogen-bond donors (Lipinski definition) is 2. The topological polar surface area (TPSA) is 60.2 Å². The second-order valence-corrected chi connectivity index (χ2v) is 4.16. The van der Waals surface area contributed by atoms with Crippen LogP contribution in [0.5, 0.6) is 5.75 Å². The Kier molecular flexibility index (Phi) is 3.89. The van der Waals surface area contributed by atoms with Gasteiger partial charge in [-0.15, -0.1) is 13.2 Å². The molecule has 8 heteroatoms. The van der Waals surface area contributed by atoms with Crippen molar-refractivity contribution in [3.63, 3.8) is 0 Å². The molecule has 0 radical (unpaired) electrons. The van der Waals surface area contributed by atoms with Crippen LogP contribution in [0.1, 0.15) is 0 Å². The predicted octanol–water partition coefficient (Wildman–Crippen LogP) is 3.96. The van der Waals surface area contributed by atoms with E-state index in [4.69, 9.17) is 17.3 Å². The SMILES string of the molecule is Nc1cc(Cl)nc(Nc2ccccc2OC(F)(F)F)c1. The van der Waals surface area contributed by atoms with Crippen LogP contribution >= 0.6 is 11.6 Å². The molecule has 2 aromatic rings. The van der Waals surface area contributed by atoms with Crippen molar-refractivity contribution in [3.05, 3.63) is 41.6 Å². The highest BCUT2D eigenvalue weighted by molar-refractivity contribution is 6.29. The summed E-state index contributed by atoms with van der Waals surface area (Å²) in [5.74, 6) is -0.159. The van der Waals surface area contributed by atoms with Crippen LogP contribution in [0.15, 0.2) is 36.4 Å². The van der Waals surface area contributed by atoms with Crippen molar-refractivity contribution in [2.45, 2.75) is 6.36 Å². The zero-order valence-corrected chi connectivity index (χ0v) is 10.7. The molecule has 1 aromatic carbocycles. The summed E-state index contributed by atoms with van der Waals surface area (Å²) in [5, 5.41) is 2.80. The van der Waals surface area contributed by atoms with Crippen molar-refractivity contribution in [3.8, 4) is 5.75 Å². The number of nitrogen functional groups attached to an aromatic ring is 1. The number of nitrogens with two attached hydrogens (primary N) is 1. The molecular weight excluding hydrogens is 295 g/mol. The van der Waals surface area contributed by atoms with Crippen LogP contribution in [0.25, 0.3) is 0 Å². The molecule has 0 aliphatic rings. The Balaban J connectivity index is 2.29. The first-order valence-electron chi connectivity index (χ1n) is 5.38. The third kappa shape index (κ3) is 3.92. The van der Waals surface area contributed by atoms with E-state index in [0.29, 0.717) is 5.69 Å². The molecule has 1 heterocycles. The minimum atomic E-state index is -4.78. The van der Waals surface area contributed by atoms with Crippen molar-refractivity contribution in [1.82, 2.24) is 4.98 Å². The molecule has 20 heavy (non-hydrogen) atoms. The van der Waals surface area contributed by atoms with Gasteiger partial charge in [0.25, 0.3) is 0 Å². The molecule has 0 spiro atoms. The van der Waals surface area contributed by atoms with E-state index in [0.717, 1.165) is 0 Å². The number of hydrogen-bond acceptors (Lipinski definition) is 4. The van der Waals surface area contributed by atoms with Crippen LogP contribution in [0.2, 0.25) is 5.15 Å². The van der Waals surface area contributed by atoms with Gasteiger partial charge in [-0.1, -0.05) is 23.7 Å². The highest BCUT2D eigenvalue weighted by Gasteiger charge is 2.32. The second-order valence-electron chi connectivity index (χ2n) is 3.78. The molecule has 1 aromatic heterocycles. The number of pyridine rings is 1. The van der Waals surface area contributed by atoms with Crippen LogP contribution in [-0.4, -0.2) is 11.3 Å². The quantitative estimate of drug-likeness (QED) is 0.843. The predicted molar refractivity (Wildman–Crippen MR) is 70.1 cm³/mol. The molecule has 0 aliphatic carbocycles. The van der Waals surface area contributed by atoms with Crippen molar-refractivity contribution in [2.75, 3.05) is 11.1 Å². The number of anilines is 3. The van der Waals surface area contributed by atoms with Gasteiger partial charge in [-0.25, -0.2) is 4.98 Å². The Morgan fingerprint density at radius 3 is 2.55 bits per heavy atom. The van der Waals surface area contributed by atoms with Gasteiger partial charge in [0.05, 0.1) is 5.69 Å². The molecular formula is C12H9ClF3N3O. The minimum Gasteiger partial charge on any atom is -0.404 e. The Bertz CT molecular complexity index is 599. The first-order valence-corrected chi connectivity index (χ1v) is 5.76. The standard InChI is InChI=1S/C12H9ClF3N3O/c13-10-5-7(17)6-11(19-10)18-8-3-1-2-4-9(8)20-12(14,15)16/h1-6H,(H3,17,18,19). The lowest BCUT2D eigenvalue weighted by molar-refractivity contribution is -0.274. The van der Waals surface area contributed by atoms with Crippen molar-refractivity contribution in [2.24, 2.45) is 0 Å². The maximum Gasteiger partial charge on any atom is 0.573 e. The fraction of sp³-hybridized carbons (Fsp3) is 0.0833. The van der Waals surface area contributed by atoms with Crippen LogP contribution in [0.4, 0.5) is 30.4 Å². The molecule has 0 amide bonds. The van der Waals surface area contributed by atoms with Crippen molar-refractivity contribution < 1.29 is 17.9 Å². The largest absolute Gasteiger partial charge is 0.573 e. The lowest BCUT2D eigenvalue weighted by Gasteiger charge is -2.14. The monoisotopic (exact) mass is 303 g/mol. The maximum absolute atomic E-state index is 12.3. The summed E-state index contributed by atoms with van der Waals surface area (Å²) >= 11 is 5.72. The summed E-state index contributed by atoms with van der Waals surface area (Å²) in [6.45, 7) is 0. The Labute approximate surface area is 117 Å². The Hall–Kier alpha value is -2.15. The first-order chi connectivity index (χ1) is 9.33.